The summed E-state index contributed by atoms with van der Waals surface area (Å²) < 4.78 is 5.09. The zero-order valence-electron chi connectivity index (χ0n) is 9.28. The van der Waals surface area contributed by atoms with Crippen molar-refractivity contribution in [3.63, 3.8) is 0 Å². The van der Waals surface area contributed by atoms with Crippen molar-refractivity contribution < 1.29 is 9.53 Å². The van der Waals surface area contributed by atoms with E-state index >= 15 is 0 Å². The van der Waals surface area contributed by atoms with Gasteiger partial charge in [-0.3, -0.25) is 4.79 Å². The number of nitrogens with zero attached hydrogens (tertiary/aromatic N) is 2. The van der Waals surface area contributed by atoms with E-state index in [9.17, 15) is 4.79 Å². The first-order chi connectivity index (χ1) is 7.72. The largest absolute Gasteiger partial charge is 0.464 e. The fourth-order valence-electron chi connectivity index (χ4n) is 0.899. The van der Waals surface area contributed by atoms with Crippen LogP contribution in [0.1, 0.15) is 19.4 Å². The molecule has 0 spiro atoms. The second-order valence-electron chi connectivity index (χ2n) is 2.90. The zero-order valence-corrected chi connectivity index (χ0v) is 9.28. The topological polar surface area (TPSA) is 64.1 Å². The highest BCUT2D eigenvalue weighted by atomic mass is 16.5. The third-order valence-corrected chi connectivity index (χ3v) is 1.56. The minimum atomic E-state index is -0.0998. The molecule has 0 aliphatic rings. The van der Waals surface area contributed by atoms with Crippen molar-refractivity contribution in [2.75, 3.05) is 13.2 Å². The first-order valence-corrected chi connectivity index (χ1v) is 4.90. The summed E-state index contributed by atoms with van der Waals surface area (Å²) in [7, 11) is 0. The summed E-state index contributed by atoms with van der Waals surface area (Å²) in [4.78, 5) is 18.5. The van der Waals surface area contributed by atoms with E-state index in [0.717, 1.165) is 0 Å². The van der Waals surface area contributed by atoms with Crippen molar-refractivity contribution in [2.24, 2.45) is 0 Å². The van der Waals surface area contributed by atoms with Crippen molar-refractivity contribution in [1.29, 1.82) is 0 Å². The van der Waals surface area contributed by atoms with Gasteiger partial charge in [-0.1, -0.05) is 11.8 Å². The number of amides is 1. The summed E-state index contributed by atoms with van der Waals surface area (Å²) in [6.07, 6.45) is 3.16. The molecule has 5 nitrogen and oxygen atoms in total. The molecule has 16 heavy (non-hydrogen) atoms. The molecule has 1 rings (SSSR count). The monoisotopic (exact) mass is 219 g/mol. The van der Waals surface area contributed by atoms with Gasteiger partial charge >= 0.3 is 6.01 Å². The van der Waals surface area contributed by atoms with Crippen molar-refractivity contribution >= 4 is 5.91 Å². The minimum absolute atomic E-state index is 0.0998. The summed E-state index contributed by atoms with van der Waals surface area (Å²) in [5.41, 5.74) is 0.689. The molecule has 1 aromatic rings. The van der Waals surface area contributed by atoms with Crippen molar-refractivity contribution in [3.05, 3.63) is 18.0 Å². The molecule has 1 heterocycles. The zero-order chi connectivity index (χ0) is 11.8. The Morgan fingerprint density at radius 1 is 1.50 bits per heavy atom. The predicted octanol–water partition coefficient (Wildman–Crippen LogP) is 0.363. The molecule has 0 radical (unpaired) electrons. The third kappa shape index (κ3) is 4.42. The van der Waals surface area contributed by atoms with E-state index in [1.165, 1.54) is 6.92 Å². The van der Waals surface area contributed by atoms with Crippen molar-refractivity contribution in [1.82, 2.24) is 15.3 Å². The van der Waals surface area contributed by atoms with Crippen LogP contribution in [0.5, 0.6) is 6.01 Å². The van der Waals surface area contributed by atoms with Gasteiger partial charge in [-0.05, 0) is 6.92 Å². The SMILES string of the molecule is CCOc1ncc(C#CCNC(C)=O)cn1. The van der Waals surface area contributed by atoms with Gasteiger partial charge in [-0.2, -0.15) is 0 Å². The quantitative estimate of drug-likeness (QED) is 0.746. The highest BCUT2D eigenvalue weighted by Crippen LogP contribution is 2.00. The Morgan fingerprint density at radius 2 is 2.19 bits per heavy atom. The van der Waals surface area contributed by atoms with Crippen molar-refractivity contribution in [3.8, 4) is 17.9 Å². The maximum absolute atomic E-state index is 10.6. The standard InChI is InChI=1S/C11H13N3O2/c1-3-16-11-13-7-10(8-14-11)5-4-6-12-9(2)15/h7-8H,3,6H2,1-2H3,(H,12,15). The molecule has 1 amide bonds. The molecule has 0 aliphatic carbocycles. The highest BCUT2D eigenvalue weighted by molar-refractivity contribution is 5.73. The summed E-state index contributed by atoms with van der Waals surface area (Å²) in [5.74, 6) is 5.51. The number of carbonyl (C=O) groups is 1. The van der Waals surface area contributed by atoms with Crippen LogP contribution in [0.3, 0.4) is 0 Å². The Balaban J connectivity index is 2.51. The maximum atomic E-state index is 10.6. The molecule has 0 aliphatic heterocycles. The van der Waals surface area contributed by atoms with Gasteiger partial charge in [0, 0.05) is 19.3 Å². The van der Waals surface area contributed by atoms with Crippen LogP contribution in [0.25, 0.3) is 0 Å². The number of carbonyl (C=O) groups excluding carboxylic acids is 1. The van der Waals surface area contributed by atoms with Crippen LogP contribution >= 0.6 is 0 Å². The van der Waals surface area contributed by atoms with Crippen LogP contribution in [0.4, 0.5) is 0 Å². The Hall–Kier alpha value is -2.09. The molecule has 5 heteroatoms. The molecule has 0 saturated carbocycles. The van der Waals surface area contributed by atoms with Crippen LogP contribution in [0.2, 0.25) is 0 Å². The lowest BCUT2D eigenvalue weighted by Gasteiger charge is -1.98. The lowest BCUT2D eigenvalue weighted by Crippen LogP contribution is -2.19. The number of aromatic nitrogens is 2. The van der Waals surface area contributed by atoms with Gasteiger partial charge in [0.2, 0.25) is 5.91 Å². The van der Waals surface area contributed by atoms with E-state index in [0.29, 0.717) is 24.7 Å². The molecule has 0 unspecified atom stereocenters. The first-order valence-electron chi connectivity index (χ1n) is 4.90. The van der Waals surface area contributed by atoms with Crippen LogP contribution in [0, 0.1) is 11.8 Å². The Morgan fingerprint density at radius 3 is 2.75 bits per heavy atom. The van der Waals surface area contributed by atoms with Gasteiger partial charge in [-0.15, -0.1) is 0 Å². The number of nitrogens with one attached hydrogen (secondary N) is 1. The van der Waals surface area contributed by atoms with E-state index in [1.807, 2.05) is 6.92 Å². The van der Waals surface area contributed by atoms with Crippen LogP contribution in [-0.2, 0) is 4.79 Å². The smallest absolute Gasteiger partial charge is 0.316 e. The van der Waals surface area contributed by atoms with E-state index in [1.54, 1.807) is 12.4 Å². The summed E-state index contributed by atoms with van der Waals surface area (Å²) >= 11 is 0. The van der Waals surface area contributed by atoms with E-state index in [-0.39, 0.29) is 5.91 Å². The highest BCUT2D eigenvalue weighted by Gasteiger charge is 1.94. The van der Waals surface area contributed by atoms with E-state index in [4.69, 9.17) is 4.74 Å². The molecular formula is C11H13N3O2. The fraction of sp³-hybridized carbons (Fsp3) is 0.364. The van der Waals surface area contributed by atoms with Crippen LogP contribution in [-0.4, -0.2) is 29.0 Å². The number of hydrogen-bond donors (Lipinski definition) is 1. The van der Waals surface area contributed by atoms with Gasteiger partial charge in [0.1, 0.15) is 0 Å². The van der Waals surface area contributed by atoms with Gasteiger partial charge in [0.25, 0.3) is 0 Å². The number of ether oxygens (including phenoxy) is 1. The molecule has 0 saturated heterocycles. The summed E-state index contributed by atoms with van der Waals surface area (Å²) in [5, 5.41) is 2.57. The number of rotatable bonds is 3. The maximum Gasteiger partial charge on any atom is 0.316 e. The molecule has 0 bridgehead atoms. The summed E-state index contributed by atoms with van der Waals surface area (Å²) in [6.45, 7) is 4.17. The lowest BCUT2D eigenvalue weighted by molar-refractivity contribution is -0.118. The Labute approximate surface area is 94.2 Å². The second kappa shape index (κ2) is 6.40. The van der Waals surface area contributed by atoms with Gasteiger partial charge < -0.3 is 10.1 Å². The molecule has 84 valence electrons. The first kappa shape index (κ1) is 12.0. The minimum Gasteiger partial charge on any atom is -0.464 e. The van der Waals surface area contributed by atoms with E-state index < -0.39 is 0 Å². The average molecular weight is 219 g/mol. The molecule has 0 atom stereocenters. The van der Waals surface area contributed by atoms with Gasteiger partial charge in [-0.25, -0.2) is 9.97 Å². The van der Waals surface area contributed by atoms with Crippen molar-refractivity contribution in [2.45, 2.75) is 13.8 Å². The fourth-order valence-corrected chi connectivity index (χ4v) is 0.899. The van der Waals surface area contributed by atoms with Crippen LogP contribution < -0.4 is 10.1 Å². The lowest BCUT2D eigenvalue weighted by atomic mass is 10.3. The van der Waals surface area contributed by atoms with E-state index in [2.05, 4.69) is 27.1 Å². The third-order valence-electron chi connectivity index (χ3n) is 1.56. The molecular weight excluding hydrogens is 206 g/mol. The molecule has 1 N–H and O–H groups in total. The van der Waals surface area contributed by atoms with Crippen LogP contribution in [0.15, 0.2) is 12.4 Å². The molecule has 0 aromatic carbocycles. The number of hydrogen-bond acceptors (Lipinski definition) is 4. The molecule has 1 aromatic heterocycles. The molecule has 0 fully saturated rings. The summed E-state index contributed by atoms with van der Waals surface area (Å²) in [6, 6.07) is 0.343. The van der Waals surface area contributed by atoms with Gasteiger partial charge in [0.15, 0.2) is 0 Å². The average Bonchev–Trinajstić information content (AvgIpc) is 2.27. The second-order valence-corrected chi connectivity index (χ2v) is 2.90. The normalized spacial score (nSPS) is 8.88. The Kier molecular flexibility index (Phi) is 4.80. The van der Waals surface area contributed by atoms with Gasteiger partial charge in [0.05, 0.1) is 18.7 Å². The predicted molar refractivity (Wildman–Crippen MR) is 58.8 cm³/mol. The Bertz CT molecular complexity index is 403.